The molecule has 0 saturated heterocycles. The van der Waals surface area contributed by atoms with Gasteiger partial charge in [-0.25, -0.2) is 0 Å². The zero-order chi connectivity index (χ0) is 7.56. The Balaban J connectivity index is 0. The Hall–Kier alpha value is 1.65. The van der Waals surface area contributed by atoms with Gasteiger partial charge in [0.25, 0.3) is 0 Å². The van der Waals surface area contributed by atoms with Crippen LogP contribution in [0.2, 0.25) is 0 Å². The molecule has 1 aromatic carbocycles. The van der Waals surface area contributed by atoms with Gasteiger partial charge in [-0.2, -0.15) is 0 Å². The molecule has 3 heteroatoms. The summed E-state index contributed by atoms with van der Waals surface area (Å²) in [6.07, 6.45) is 0. The van der Waals surface area contributed by atoms with Crippen molar-refractivity contribution in [2.45, 2.75) is 19.8 Å². The van der Waals surface area contributed by atoms with Crippen LogP contribution in [0.1, 0.15) is 25.3 Å². The third-order valence-electron chi connectivity index (χ3n) is 1.56. The molecule has 0 bridgehead atoms. The molecular formula is C9H11Na2P. The molecule has 12 heavy (non-hydrogen) atoms. The Kier molecular flexibility index (Phi) is 10.7. The molecule has 0 amide bonds. The molecule has 0 radical (unpaired) electrons. The summed E-state index contributed by atoms with van der Waals surface area (Å²) >= 11 is 0. The maximum absolute atomic E-state index is 4.20. The van der Waals surface area contributed by atoms with Gasteiger partial charge in [0, 0.05) is 0 Å². The molecular weight excluding hydrogens is 185 g/mol. The summed E-state index contributed by atoms with van der Waals surface area (Å²) in [6, 6.07) is 8.29. The Morgan fingerprint density at radius 3 is 1.75 bits per heavy atom. The SMILES string of the molecule is CC(C)c1ccc([P-2])cc1.[Na+].[Na+]. The van der Waals surface area contributed by atoms with Crippen molar-refractivity contribution in [1.29, 1.82) is 0 Å². The molecule has 0 spiro atoms. The first-order valence-corrected chi connectivity index (χ1v) is 3.94. The normalized spacial score (nSPS) is 8.67. The van der Waals surface area contributed by atoms with Crippen LogP contribution in [0.25, 0.3) is 0 Å². The third-order valence-corrected chi connectivity index (χ3v) is 1.86. The van der Waals surface area contributed by atoms with Crippen molar-refractivity contribution in [1.82, 2.24) is 0 Å². The van der Waals surface area contributed by atoms with Gasteiger partial charge in [-0.05, 0) is 11.5 Å². The van der Waals surface area contributed by atoms with E-state index in [-0.39, 0.29) is 59.1 Å². The molecule has 0 aromatic heterocycles. The minimum absolute atomic E-state index is 0. The number of benzene rings is 1. The van der Waals surface area contributed by atoms with Crippen LogP contribution in [0.3, 0.4) is 0 Å². The zero-order valence-electron chi connectivity index (χ0n) is 8.33. The minimum atomic E-state index is 0. The fourth-order valence-corrected chi connectivity index (χ4v) is 1.01. The maximum Gasteiger partial charge on any atom is 1.00 e. The Bertz CT molecular complexity index is 206. The molecule has 0 aliphatic heterocycles. The van der Waals surface area contributed by atoms with Crippen LogP contribution >= 0.6 is 9.24 Å². The molecule has 0 aliphatic carbocycles. The second-order valence-electron chi connectivity index (χ2n) is 2.75. The van der Waals surface area contributed by atoms with Crippen molar-refractivity contribution in [3.8, 4) is 0 Å². The van der Waals surface area contributed by atoms with Crippen LogP contribution in [0, 0.1) is 0 Å². The van der Waals surface area contributed by atoms with E-state index >= 15 is 0 Å². The summed E-state index contributed by atoms with van der Waals surface area (Å²) in [6.45, 7) is 4.38. The maximum atomic E-state index is 4.20. The average molecular weight is 196 g/mol. The first kappa shape index (κ1) is 16.1. The summed E-state index contributed by atoms with van der Waals surface area (Å²) in [4.78, 5) is 0. The number of hydrogen-bond acceptors (Lipinski definition) is 0. The van der Waals surface area contributed by atoms with E-state index in [1.807, 2.05) is 12.1 Å². The van der Waals surface area contributed by atoms with E-state index < -0.39 is 0 Å². The van der Waals surface area contributed by atoms with Gasteiger partial charge in [-0.3, -0.25) is 0 Å². The second-order valence-corrected chi connectivity index (χ2v) is 3.26. The van der Waals surface area contributed by atoms with Crippen LogP contribution < -0.4 is 64.4 Å². The van der Waals surface area contributed by atoms with Crippen molar-refractivity contribution in [2.75, 3.05) is 0 Å². The Morgan fingerprint density at radius 1 is 1.00 bits per heavy atom. The molecule has 0 nitrogen and oxygen atoms in total. The fourth-order valence-electron chi connectivity index (χ4n) is 0.859. The zero-order valence-corrected chi connectivity index (χ0v) is 13.2. The largest absolute Gasteiger partial charge is 1.45 e. The summed E-state index contributed by atoms with van der Waals surface area (Å²) in [5, 5.41) is 1.03. The van der Waals surface area contributed by atoms with Crippen LogP contribution in [0.4, 0.5) is 0 Å². The van der Waals surface area contributed by atoms with E-state index in [0.29, 0.717) is 5.92 Å². The van der Waals surface area contributed by atoms with Crippen LogP contribution in [-0.2, 0) is 0 Å². The van der Waals surface area contributed by atoms with E-state index in [2.05, 4.69) is 35.2 Å². The van der Waals surface area contributed by atoms with Crippen molar-refractivity contribution >= 4 is 14.5 Å². The Morgan fingerprint density at radius 2 is 1.42 bits per heavy atom. The predicted octanol–water partition coefficient (Wildman–Crippen LogP) is -3.15. The van der Waals surface area contributed by atoms with Crippen LogP contribution in [0.5, 0.6) is 0 Å². The first-order chi connectivity index (χ1) is 4.70. The van der Waals surface area contributed by atoms with Crippen molar-refractivity contribution in [3.05, 3.63) is 29.8 Å². The topological polar surface area (TPSA) is 0 Å². The molecule has 0 unspecified atom stereocenters. The van der Waals surface area contributed by atoms with E-state index in [4.69, 9.17) is 0 Å². The Labute approximate surface area is 122 Å². The standard InChI is InChI=1S/C9H11P.2Na/c1-7(2)8-3-5-9(10)6-4-8;;/h3-7H,1-2H3;;/q-2;2*+1. The van der Waals surface area contributed by atoms with E-state index in [9.17, 15) is 0 Å². The van der Waals surface area contributed by atoms with Gasteiger partial charge >= 0.3 is 59.1 Å². The second kappa shape index (κ2) is 8.00. The molecule has 0 heterocycles. The average Bonchev–Trinajstić information content (AvgIpc) is 1.88. The molecule has 0 fully saturated rings. The smallest absolute Gasteiger partial charge is 1.00 e. The number of rotatable bonds is 1. The van der Waals surface area contributed by atoms with Gasteiger partial charge in [0.15, 0.2) is 0 Å². The third kappa shape index (κ3) is 5.40. The summed E-state index contributed by atoms with van der Waals surface area (Å²) < 4.78 is 0. The van der Waals surface area contributed by atoms with Gasteiger partial charge < -0.3 is 14.5 Å². The summed E-state index contributed by atoms with van der Waals surface area (Å²) in [5.74, 6) is 0.619. The molecule has 0 aliphatic rings. The van der Waals surface area contributed by atoms with Gasteiger partial charge in [-0.1, -0.05) is 26.0 Å². The van der Waals surface area contributed by atoms with Crippen LogP contribution in [0.15, 0.2) is 24.3 Å². The predicted molar refractivity (Wildman–Crippen MR) is 47.1 cm³/mol. The first-order valence-electron chi connectivity index (χ1n) is 3.49. The molecule has 0 saturated carbocycles. The van der Waals surface area contributed by atoms with Crippen LogP contribution in [-0.4, -0.2) is 0 Å². The van der Waals surface area contributed by atoms with Crippen molar-refractivity contribution < 1.29 is 59.1 Å². The van der Waals surface area contributed by atoms with E-state index in [1.165, 1.54) is 5.56 Å². The minimum Gasteiger partial charge on any atom is -1.45 e. The van der Waals surface area contributed by atoms with Crippen molar-refractivity contribution in [2.24, 2.45) is 0 Å². The number of hydrogen-bond donors (Lipinski definition) is 0. The van der Waals surface area contributed by atoms with Crippen molar-refractivity contribution in [3.63, 3.8) is 0 Å². The van der Waals surface area contributed by atoms with Gasteiger partial charge in [0.05, 0.1) is 0 Å². The van der Waals surface area contributed by atoms with Gasteiger partial charge in [0.1, 0.15) is 0 Å². The van der Waals surface area contributed by atoms with Gasteiger partial charge in [-0.15, -0.1) is 12.1 Å². The quantitative estimate of drug-likeness (QED) is 0.329. The molecule has 54 valence electrons. The van der Waals surface area contributed by atoms with E-state index in [0.717, 1.165) is 5.30 Å². The molecule has 0 N–H and O–H groups in total. The summed E-state index contributed by atoms with van der Waals surface area (Å²) in [5.41, 5.74) is 1.37. The molecule has 0 atom stereocenters. The fraction of sp³-hybridized carbons (Fsp3) is 0.333. The summed E-state index contributed by atoms with van der Waals surface area (Å²) in [7, 11) is 4.20. The van der Waals surface area contributed by atoms with E-state index in [1.54, 1.807) is 0 Å². The molecule has 1 aromatic rings. The molecule has 1 rings (SSSR count). The monoisotopic (exact) mass is 196 g/mol. The van der Waals surface area contributed by atoms with Gasteiger partial charge in [0.2, 0.25) is 0 Å².